The predicted octanol–water partition coefficient (Wildman–Crippen LogP) is 2.69. The standard InChI is InChI=1S/C20H22F4N2O6/c21-10-16(27)14(9-17(28)29)25-18(30)15-6-1-2-7-26(15)19(31)32-11-12-4-3-5-13(8-12)20(22,23)24/h3-5,8,14-15H,1-2,6-7,9-11H2,(H,25,30)(H,28,29)/t14?,15-/m0/s1. The van der Waals surface area contributed by atoms with E-state index in [-0.39, 0.29) is 18.5 Å². The zero-order chi connectivity index (χ0) is 23.9. The number of ketones is 1. The summed E-state index contributed by atoms with van der Waals surface area (Å²) in [7, 11) is 0. The number of Topliss-reactive ketones (excluding diaryl/α,β-unsaturated/α-hetero) is 1. The van der Waals surface area contributed by atoms with Crippen LogP contribution in [0.4, 0.5) is 22.4 Å². The largest absolute Gasteiger partial charge is 0.481 e. The number of alkyl halides is 4. The molecule has 1 aromatic carbocycles. The van der Waals surface area contributed by atoms with Crippen molar-refractivity contribution in [2.45, 2.75) is 50.6 Å². The van der Waals surface area contributed by atoms with E-state index in [0.717, 1.165) is 17.0 Å². The Bertz CT molecular complexity index is 861. The number of ether oxygens (including phenoxy) is 1. The molecule has 2 atom stereocenters. The fourth-order valence-corrected chi connectivity index (χ4v) is 3.27. The fourth-order valence-electron chi connectivity index (χ4n) is 3.27. The zero-order valence-electron chi connectivity index (χ0n) is 16.9. The highest BCUT2D eigenvalue weighted by Crippen LogP contribution is 2.29. The highest BCUT2D eigenvalue weighted by Gasteiger charge is 2.36. The Kier molecular flexibility index (Phi) is 8.56. The number of carboxylic acid groups (broad SMARTS) is 1. The van der Waals surface area contributed by atoms with Gasteiger partial charge in [-0.1, -0.05) is 12.1 Å². The van der Waals surface area contributed by atoms with E-state index in [4.69, 9.17) is 9.84 Å². The lowest BCUT2D eigenvalue weighted by Gasteiger charge is -2.34. The van der Waals surface area contributed by atoms with Crippen molar-refractivity contribution < 1.29 is 46.6 Å². The van der Waals surface area contributed by atoms with E-state index in [1.54, 1.807) is 0 Å². The Morgan fingerprint density at radius 1 is 1.22 bits per heavy atom. The first-order chi connectivity index (χ1) is 15.0. The third kappa shape index (κ3) is 6.92. The van der Waals surface area contributed by atoms with E-state index in [0.29, 0.717) is 12.8 Å². The van der Waals surface area contributed by atoms with Crippen LogP contribution in [0.1, 0.15) is 36.8 Å². The highest BCUT2D eigenvalue weighted by molar-refractivity contribution is 5.94. The number of aliphatic carboxylic acids is 1. The maximum atomic E-state index is 12.8. The smallest absolute Gasteiger partial charge is 0.416 e. The number of carbonyl (C=O) groups excluding carboxylic acids is 3. The molecule has 1 unspecified atom stereocenters. The van der Waals surface area contributed by atoms with Crippen LogP contribution in [0.15, 0.2) is 24.3 Å². The van der Waals surface area contributed by atoms with Crippen molar-refractivity contribution in [3.05, 3.63) is 35.4 Å². The van der Waals surface area contributed by atoms with Crippen LogP contribution in [-0.2, 0) is 31.9 Å². The van der Waals surface area contributed by atoms with Gasteiger partial charge in [0, 0.05) is 6.54 Å². The van der Waals surface area contributed by atoms with Crippen LogP contribution < -0.4 is 5.32 Å². The summed E-state index contributed by atoms with van der Waals surface area (Å²) in [6.07, 6.45) is -5.05. The van der Waals surface area contributed by atoms with Gasteiger partial charge in [0.15, 0.2) is 5.78 Å². The van der Waals surface area contributed by atoms with E-state index in [2.05, 4.69) is 5.32 Å². The molecule has 32 heavy (non-hydrogen) atoms. The van der Waals surface area contributed by atoms with Gasteiger partial charge in [-0.2, -0.15) is 13.2 Å². The second-order valence-electron chi connectivity index (χ2n) is 7.22. The fraction of sp³-hybridized carbons (Fsp3) is 0.500. The molecular formula is C20H22F4N2O6. The van der Waals surface area contributed by atoms with Gasteiger partial charge in [-0.05, 0) is 37.0 Å². The lowest BCUT2D eigenvalue weighted by molar-refractivity contribution is -0.141. The van der Waals surface area contributed by atoms with Crippen LogP contribution in [0, 0.1) is 0 Å². The normalized spacial score (nSPS) is 17.4. The molecule has 8 nitrogen and oxygen atoms in total. The molecule has 2 amide bonds. The van der Waals surface area contributed by atoms with Crippen LogP contribution in [0.2, 0.25) is 0 Å². The minimum Gasteiger partial charge on any atom is -0.481 e. The van der Waals surface area contributed by atoms with E-state index in [1.165, 1.54) is 12.1 Å². The van der Waals surface area contributed by atoms with Crippen molar-refractivity contribution in [2.24, 2.45) is 0 Å². The predicted molar refractivity (Wildman–Crippen MR) is 101 cm³/mol. The molecule has 1 aliphatic heterocycles. The molecule has 1 saturated heterocycles. The summed E-state index contributed by atoms with van der Waals surface area (Å²) in [5.74, 6) is -3.37. The topological polar surface area (TPSA) is 113 Å². The van der Waals surface area contributed by atoms with Crippen LogP contribution in [0.3, 0.4) is 0 Å². The lowest BCUT2D eigenvalue weighted by Crippen LogP contribution is -2.55. The van der Waals surface area contributed by atoms with Crippen molar-refractivity contribution in [1.82, 2.24) is 10.2 Å². The van der Waals surface area contributed by atoms with Crippen molar-refractivity contribution >= 4 is 23.8 Å². The van der Waals surface area contributed by atoms with E-state index >= 15 is 0 Å². The molecule has 2 N–H and O–H groups in total. The third-order valence-corrected chi connectivity index (χ3v) is 4.87. The number of rotatable bonds is 8. The number of piperidine rings is 1. The van der Waals surface area contributed by atoms with Gasteiger partial charge < -0.3 is 15.2 Å². The van der Waals surface area contributed by atoms with Crippen molar-refractivity contribution in [3.8, 4) is 0 Å². The minimum atomic E-state index is -4.56. The van der Waals surface area contributed by atoms with Crippen molar-refractivity contribution in [1.29, 1.82) is 0 Å². The molecule has 0 spiro atoms. The molecule has 176 valence electrons. The van der Waals surface area contributed by atoms with Gasteiger partial charge >= 0.3 is 18.2 Å². The van der Waals surface area contributed by atoms with Gasteiger partial charge in [0.2, 0.25) is 5.91 Å². The van der Waals surface area contributed by atoms with Crippen LogP contribution in [0.5, 0.6) is 0 Å². The first-order valence-electron chi connectivity index (χ1n) is 9.73. The molecule has 0 saturated carbocycles. The van der Waals surface area contributed by atoms with Gasteiger partial charge in [-0.15, -0.1) is 0 Å². The molecule has 1 aromatic rings. The monoisotopic (exact) mass is 462 g/mol. The maximum Gasteiger partial charge on any atom is 0.416 e. The zero-order valence-corrected chi connectivity index (χ0v) is 16.9. The summed E-state index contributed by atoms with van der Waals surface area (Å²) in [6.45, 7) is -1.82. The second-order valence-corrected chi connectivity index (χ2v) is 7.22. The summed E-state index contributed by atoms with van der Waals surface area (Å²) in [6, 6.07) is 1.56. The average molecular weight is 462 g/mol. The van der Waals surface area contributed by atoms with Crippen LogP contribution in [0.25, 0.3) is 0 Å². The molecule has 1 aliphatic rings. The average Bonchev–Trinajstić information content (AvgIpc) is 2.75. The summed E-state index contributed by atoms with van der Waals surface area (Å²) in [4.78, 5) is 48.6. The summed E-state index contributed by atoms with van der Waals surface area (Å²) in [5.41, 5.74) is -0.801. The third-order valence-electron chi connectivity index (χ3n) is 4.87. The van der Waals surface area contributed by atoms with Crippen LogP contribution in [-0.4, -0.2) is 59.1 Å². The second kappa shape index (κ2) is 10.9. The Morgan fingerprint density at radius 2 is 1.94 bits per heavy atom. The number of hydrogen-bond donors (Lipinski definition) is 2. The number of carboxylic acids is 1. The number of likely N-dealkylation sites (tertiary alicyclic amines) is 1. The molecule has 1 heterocycles. The maximum absolute atomic E-state index is 12.8. The molecule has 0 aromatic heterocycles. The van der Waals surface area contributed by atoms with Crippen LogP contribution >= 0.6 is 0 Å². The number of benzene rings is 1. The van der Waals surface area contributed by atoms with Gasteiger partial charge in [0.05, 0.1) is 12.0 Å². The number of carbonyl (C=O) groups is 4. The van der Waals surface area contributed by atoms with Crippen molar-refractivity contribution in [3.63, 3.8) is 0 Å². The van der Waals surface area contributed by atoms with E-state index in [9.17, 15) is 36.7 Å². The summed E-state index contributed by atoms with van der Waals surface area (Å²) in [5, 5.41) is 11.0. The molecule has 12 heteroatoms. The Labute approximate surface area is 180 Å². The molecule has 1 fully saturated rings. The number of amides is 2. The molecular weight excluding hydrogens is 440 g/mol. The first kappa shape index (κ1) is 25.1. The number of halogens is 4. The molecule has 2 rings (SSSR count). The van der Waals surface area contributed by atoms with Crippen molar-refractivity contribution in [2.75, 3.05) is 13.2 Å². The summed E-state index contributed by atoms with van der Waals surface area (Å²) < 4.78 is 56.2. The van der Waals surface area contributed by atoms with Gasteiger partial charge in [-0.3, -0.25) is 19.3 Å². The first-order valence-corrected chi connectivity index (χ1v) is 9.73. The lowest BCUT2D eigenvalue weighted by atomic mass is 10.0. The van der Waals surface area contributed by atoms with Gasteiger partial charge in [0.25, 0.3) is 0 Å². The Morgan fingerprint density at radius 3 is 2.56 bits per heavy atom. The number of nitrogens with one attached hydrogen (secondary N) is 1. The number of hydrogen-bond acceptors (Lipinski definition) is 5. The molecule has 0 radical (unpaired) electrons. The Balaban J connectivity index is 2.05. The van der Waals surface area contributed by atoms with Gasteiger partial charge in [-0.25, -0.2) is 9.18 Å². The Hall–Kier alpha value is -3.18. The SMILES string of the molecule is O=C(O)CC(NC(=O)[C@@H]1CCCCN1C(=O)OCc1cccc(C(F)(F)F)c1)C(=O)CF. The molecule has 0 aliphatic carbocycles. The molecule has 0 bridgehead atoms. The number of nitrogens with zero attached hydrogens (tertiary/aromatic N) is 1. The van der Waals surface area contributed by atoms with E-state index < -0.39 is 67.3 Å². The highest BCUT2D eigenvalue weighted by atomic mass is 19.4. The quantitative estimate of drug-likeness (QED) is 0.575. The summed E-state index contributed by atoms with van der Waals surface area (Å²) >= 11 is 0. The van der Waals surface area contributed by atoms with E-state index in [1.807, 2.05) is 0 Å². The minimum absolute atomic E-state index is 0.0984. The van der Waals surface area contributed by atoms with Gasteiger partial charge in [0.1, 0.15) is 25.4 Å².